The van der Waals surface area contributed by atoms with Crippen LogP contribution in [0.3, 0.4) is 0 Å². The summed E-state index contributed by atoms with van der Waals surface area (Å²) in [5.41, 5.74) is 0. The average Bonchev–Trinajstić information content (AvgIpc) is 2.81. The topological polar surface area (TPSA) is 67.1 Å². The molecule has 0 atom stereocenters. The number of nitrogens with one attached hydrogen (secondary N) is 1. The number of unbranched alkanes of at least 4 members (excludes halogenated alkanes) is 1. The largest absolute Gasteiger partial charge is 0.360 e. The highest BCUT2D eigenvalue weighted by Gasteiger charge is 2.06. The van der Waals surface area contributed by atoms with Crippen LogP contribution in [-0.2, 0) is 0 Å². The fourth-order valence-corrected chi connectivity index (χ4v) is 1.65. The van der Waals surface area contributed by atoms with Crippen molar-refractivity contribution in [3.63, 3.8) is 0 Å². The van der Waals surface area contributed by atoms with Gasteiger partial charge in [0.15, 0.2) is 5.82 Å². The van der Waals surface area contributed by atoms with E-state index in [0.29, 0.717) is 17.6 Å². The Bertz CT molecular complexity index is 525. The summed E-state index contributed by atoms with van der Waals surface area (Å²) in [5, 5.41) is 6.97. The Balaban J connectivity index is 2.06. The van der Waals surface area contributed by atoms with Crippen LogP contribution in [0.5, 0.6) is 0 Å². The molecule has 0 spiro atoms. The van der Waals surface area contributed by atoms with Crippen molar-refractivity contribution in [2.45, 2.75) is 26.7 Å². The standard InChI is InChI=1S/C13H19N5O/c1-4-5-8-18(3)13-14-7-6-11(16-13)15-12-9-10(2)19-17-12/h6-7,9H,4-5,8H2,1-3H3,(H,14,15,16,17). The molecule has 2 aromatic heterocycles. The number of anilines is 3. The van der Waals surface area contributed by atoms with E-state index in [-0.39, 0.29) is 0 Å². The molecule has 0 fully saturated rings. The number of hydrogen-bond acceptors (Lipinski definition) is 6. The molecule has 0 saturated heterocycles. The maximum atomic E-state index is 5.00. The third-order valence-electron chi connectivity index (χ3n) is 2.72. The zero-order valence-electron chi connectivity index (χ0n) is 11.6. The number of nitrogens with zero attached hydrogens (tertiary/aromatic N) is 4. The van der Waals surface area contributed by atoms with Gasteiger partial charge in [0.1, 0.15) is 11.6 Å². The maximum absolute atomic E-state index is 5.00. The summed E-state index contributed by atoms with van der Waals surface area (Å²) in [4.78, 5) is 10.8. The monoisotopic (exact) mass is 261 g/mol. The molecule has 0 aliphatic heterocycles. The number of rotatable bonds is 6. The molecule has 0 bridgehead atoms. The molecule has 0 aromatic carbocycles. The first-order valence-electron chi connectivity index (χ1n) is 6.43. The van der Waals surface area contributed by atoms with Gasteiger partial charge in [-0.15, -0.1) is 0 Å². The summed E-state index contributed by atoms with van der Waals surface area (Å²) < 4.78 is 5.00. The van der Waals surface area contributed by atoms with Crippen molar-refractivity contribution in [2.24, 2.45) is 0 Å². The van der Waals surface area contributed by atoms with Crippen LogP contribution in [0.1, 0.15) is 25.5 Å². The van der Waals surface area contributed by atoms with E-state index in [2.05, 4.69) is 27.4 Å². The molecule has 19 heavy (non-hydrogen) atoms. The van der Waals surface area contributed by atoms with Gasteiger partial charge in [0.2, 0.25) is 5.95 Å². The molecule has 0 aliphatic rings. The van der Waals surface area contributed by atoms with Crippen LogP contribution in [0.2, 0.25) is 0 Å². The van der Waals surface area contributed by atoms with Crippen LogP contribution in [-0.4, -0.2) is 28.7 Å². The Morgan fingerprint density at radius 3 is 2.89 bits per heavy atom. The van der Waals surface area contributed by atoms with Crippen molar-refractivity contribution in [1.82, 2.24) is 15.1 Å². The molecule has 0 unspecified atom stereocenters. The lowest BCUT2D eigenvalue weighted by Gasteiger charge is -2.16. The van der Waals surface area contributed by atoms with Gasteiger partial charge in [-0.3, -0.25) is 0 Å². The molecule has 0 saturated carbocycles. The van der Waals surface area contributed by atoms with Gasteiger partial charge >= 0.3 is 0 Å². The lowest BCUT2D eigenvalue weighted by Crippen LogP contribution is -2.21. The first-order valence-corrected chi connectivity index (χ1v) is 6.43. The second-order valence-corrected chi connectivity index (χ2v) is 4.46. The first kappa shape index (κ1) is 13.3. The highest BCUT2D eigenvalue weighted by Crippen LogP contribution is 2.16. The van der Waals surface area contributed by atoms with Crippen molar-refractivity contribution < 1.29 is 4.52 Å². The van der Waals surface area contributed by atoms with Gasteiger partial charge in [-0.25, -0.2) is 4.98 Å². The van der Waals surface area contributed by atoms with Crippen LogP contribution < -0.4 is 10.2 Å². The minimum atomic E-state index is 0.651. The maximum Gasteiger partial charge on any atom is 0.227 e. The highest BCUT2D eigenvalue weighted by molar-refractivity contribution is 5.52. The third kappa shape index (κ3) is 3.67. The van der Waals surface area contributed by atoms with E-state index in [0.717, 1.165) is 25.1 Å². The summed E-state index contributed by atoms with van der Waals surface area (Å²) in [6, 6.07) is 3.63. The SMILES string of the molecule is CCCCN(C)c1nccc(Nc2cc(C)on2)n1. The zero-order chi connectivity index (χ0) is 13.7. The van der Waals surface area contributed by atoms with Gasteiger partial charge < -0.3 is 14.7 Å². The summed E-state index contributed by atoms with van der Waals surface area (Å²) >= 11 is 0. The molecule has 102 valence electrons. The highest BCUT2D eigenvalue weighted by atomic mass is 16.5. The normalized spacial score (nSPS) is 10.5. The van der Waals surface area contributed by atoms with E-state index < -0.39 is 0 Å². The average molecular weight is 261 g/mol. The second kappa shape index (κ2) is 6.17. The predicted molar refractivity (Wildman–Crippen MR) is 74.7 cm³/mol. The molecule has 2 aromatic rings. The second-order valence-electron chi connectivity index (χ2n) is 4.46. The van der Waals surface area contributed by atoms with Crippen molar-refractivity contribution in [3.8, 4) is 0 Å². The lowest BCUT2D eigenvalue weighted by atomic mass is 10.3. The number of aryl methyl sites for hydroxylation is 1. The smallest absolute Gasteiger partial charge is 0.227 e. The zero-order valence-corrected chi connectivity index (χ0v) is 11.6. The summed E-state index contributed by atoms with van der Waals surface area (Å²) in [5.74, 6) is 2.83. The van der Waals surface area contributed by atoms with Gasteiger partial charge in [-0.05, 0) is 19.4 Å². The summed E-state index contributed by atoms with van der Waals surface area (Å²) in [6.45, 7) is 4.96. The molecule has 2 heterocycles. The van der Waals surface area contributed by atoms with Gasteiger partial charge in [-0.1, -0.05) is 18.5 Å². The van der Waals surface area contributed by atoms with Crippen molar-refractivity contribution in [3.05, 3.63) is 24.1 Å². The van der Waals surface area contributed by atoms with E-state index >= 15 is 0 Å². The van der Waals surface area contributed by atoms with Gasteiger partial charge in [0, 0.05) is 25.9 Å². The fraction of sp³-hybridized carbons (Fsp3) is 0.462. The van der Waals surface area contributed by atoms with Crippen LogP contribution in [0.15, 0.2) is 22.9 Å². The molecule has 6 nitrogen and oxygen atoms in total. The summed E-state index contributed by atoms with van der Waals surface area (Å²) in [6.07, 6.45) is 4.01. The number of aromatic nitrogens is 3. The minimum absolute atomic E-state index is 0.651. The molecule has 0 radical (unpaired) electrons. The Morgan fingerprint density at radius 2 is 2.21 bits per heavy atom. The molecule has 0 aliphatic carbocycles. The Hall–Kier alpha value is -2.11. The van der Waals surface area contributed by atoms with E-state index in [1.165, 1.54) is 0 Å². The van der Waals surface area contributed by atoms with Crippen molar-refractivity contribution in [2.75, 3.05) is 23.8 Å². The first-order chi connectivity index (χ1) is 9.19. The minimum Gasteiger partial charge on any atom is -0.360 e. The quantitative estimate of drug-likeness (QED) is 0.862. The van der Waals surface area contributed by atoms with Crippen LogP contribution in [0.25, 0.3) is 0 Å². The molecular weight excluding hydrogens is 242 g/mol. The van der Waals surface area contributed by atoms with E-state index in [9.17, 15) is 0 Å². The van der Waals surface area contributed by atoms with E-state index in [4.69, 9.17) is 4.52 Å². The van der Waals surface area contributed by atoms with Crippen LogP contribution in [0.4, 0.5) is 17.6 Å². The van der Waals surface area contributed by atoms with Gasteiger partial charge in [-0.2, -0.15) is 4.98 Å². The van der Waals surface area contributed by atoms with Gasteiger partial charge in [0.05, 0.1) is 0 Å². The van der Waals surface area contributed by atoms with Crippen molar-refractivity contribution >= 4 is 17.6 Å². The fourth-order valence-electron chi connectivity index (χ4n) is 1.65. The molecular formula is C13H19N5O. The lowest BCUT2D eigenvalue weighted by molar-refractivity contribution is 0.400. The van der Waals surface area contributed by atoms with E-state index in [1.807, 2.05) is 24.9 Å². The van der Waals surface area contributed by atoms with Crippen LogP contribution in [0, 0.1) is 6.92 Å². The van der Waals surface area contributed by atoms with E-state index in [1.54, 1.807) is 12.3 Å². The molecule has 2 rings (SSSR count). The van der Waals surface area contributed by atoms with Crippen LogP contribution >= 0.6 is 0 Å². The Labute approximate surface area is 112 Å². The van der Waals surface area contributed by atoms with Crippen molar-refractivity contribution in [1.29, 1.82) is 0 Å². The third-order valence-corrected chi connectivity index (χ3v) is 2.72. The Morgan fingerprint density at radius 1 is 1.37 bits per heavy atom. The molecule has 6 heteroatoms. The molecule has 1 N–H and O–H groups in total. The molecule has 0 amide bonds. The summed E-state index contributed by atoms with van der Waals surface area (Å²) in [7, 11) is 2.00. The predicted octanol–water partition coefficient (Wildman–Crippen LogP) is 2.75. The Kier molecular flexibility index (Phi) is 4.33. The number of hydrogen-bond donors (Lipinski definition) is 1. The van der Waals surface area contributed by atoms with Gasteiger partial charge in [0.25, 0.3) is 0 Å².